The second-order valence-electron chi connectivity index (χ2n) is 10.1. The van der Waals surface area contributed by atoms with Gasteiger partial charge < -0.3 is 14.8 Å². The van der Waals surface area contributed by atoms with Gasteiger partial charge in [-0.1, -0.05) is 12.1 Å². The van der Waals surface area contributed by atoms with E-state index in [4.69, 9.17) is 9.47 Å². The summed E-state index contributed by atoms with van der Waals surface area (Å²) in [5, 5.41) is 2.94. The molecule has 1 amide bonds. The maximum Gasteiger partial charge on any atom is 0.408 e. The fourth-order valence-corrected chi connectivity index (χ4v) is 6.23. The molecule has 4 atom stereocenters. The summed E-state index contributed by atoms with van der Waals surface area (Å²) in [5.41, 5.74) is 3.07. The summed E-state index contributed by atoms with van der Waals surface area (Å²) in [7, 11) is 0. The first-order chi connectivity index (χ1) is 13.7. The zero-order valence-corrected chi connectivity index (χ0v) is 17.7. The van der Waals surface area contributed by atoms with E-state index in [-0.39, 0.29) is 23.4 Å². The summed E-state index contributed by atoms with van der Waals surface area (Å²) in [6, 6.07) is 4.64. The number of piperidine rings is 1. The standard InChI is InChI=1S/C23H30N2O4/c1-13-5-6-14-11-16-15-7-8-17(26)20-23(15,18(14)19(13)28-20)9-10-25(16)12-24-21(27)29-22(2,3)4/h5-6,15-16,20H,7-12H2,1-4H3,(H,24,27)/t15-,16+,20?,23-/m0/s1. The van der Waals surface area contributed by atoms with Gasteiger partial charge in [-0.15, -0.1) is 0 Å². The molecule has 1 unspecified atom stereocenters. The van der Waals surface area contributed by atoms with E-state index in [1.165, 1.54) is 11.1 Å². The highest BCUT2D eigenvalue weighted by Crippen LogP contribution is 2.61. The number of rotatable bonds is 2. The van der Waals surface area contributed by atoms with E-state index in [0.717, 1.165) is 37.1 Å². The highest BCUT2D eigenvalue weighted by atomic mass is 16.6. The number of alkyl carbamates (subject to hydrolysis) is 1. The van der Waals surface area contributed by atoms with Crippen molar-refractivity contribution < 1.29 is 19.1 Å². The molecule has 2 fully saturated rings. The number of carbonyl (C=O) groups is 2. The molecule has 6 nitrogen and oxygen atoms in total. The fraction of sp³-hybridized carbons (Fsp3) is 0.652. The van der Waals surface area contributed by atoms with Gasteiger partial charge in [0.2, 0.25) is 0 Å². The number of nitrogens with one attached hydrogen (secondary N) is 1. The van der Waals surface area contributed by atoms with Crippen LogP contribution in [0.4, 0.5) is 4.79 Å². The van der Waals surface area contributed by atoms with Crippen molar-refractivity contribution in [2.24, 2.45) is 5.92 Å². The van der Waals surface area contributed by atoms with E-state index < -0.39 is 5.60 Å². The molecule has 156 valence electrons. The molecule has 6 heteroatoms. The van der Waals surface area contributed by atoms with Crippen LogP contribution in [0.3, 0.4) is 0 Å². The van der Waals surface area contributed by atoms with Crippen LogP contribution < -0.4 is 10.1 Å². The Morgan fingerprint density at radius 3 is 2.93 bits per heavy atom. The van der Waals surface area contributed by atoms with Gasteiger partial charge >= 0.3 is 6.09 Å². The lowest BCUT2D eigenvalue weighted by molar-refractivity contribution is -0.138. The number of hydrogen-bond donors (Lipinski definition) is 1. The van der Waals surface area contributed by atoms with Crippen LogP contribution in [0.15, 0.2) is 12.1 Å². The van der Waals surface area contributed by atoms with Crippen LogP contribution in [0.1, 0.15) is 56.7 Å². The smallest absolute Gasteiger partial charge is 0.408 e. The van der Waals surface area contributed by atoms with Crippen LogP contribution >= 0.6 is 0 Å². The Bertz CT molecular complexity index is 890. The molecule has 29 heavy (non-hydrogen) atoms. The Balaban J connectivity index is 1.45. The molecule has 5 rings (SSSR count). The Kier molecular flexibility index (Phi) is 4.05. The Morgan fingerprint density at radius 1 is 1.38 bits per heavy atom. The predicted molar refractivity (Wildman–Crippen MR) is 108 cm³/mol. The van der Waals surface area contributed by atoms with Crippen LogP contribution in [0, 0.1) is 12.8 Å². The van der Waals surface area contributed by atoms with E-state index >= 15 is 0 Å². The van der Waals surface area contributed by atoms with Crippen LogP contribution in [0.2, 0.25) is 0 Å². The molecule has 2 aliphatic carbocycles. The molecule has 1 saturated carbocycles. The molecule has 2 heterocycles. The maximum absolute atomic E-state index is 12.8. The van der Waals surface area contributed by atoms with Gasteiger partial charge in [-0.05, 0) is 64.0 Å². The van der Waals surface area contributed by atoms with Gasteiger partial charge in [0, 0.05) is 30.0 Å². The first-order valence-corrected chi connectivity index (χ1v) is 10.7. The third kappa shape index (κ3) is 2.71. The number of nitrogens with zero attached hydrogens (tertiary/aromatic N) is 1. The van der Waals surface area contributed by atoms with Crippen molar-refractivity contribution in [3.05, 3.63) is 28.8 Å². The van der Waals surface area contributed by atoms with Crippen molar-refractivity contribution in [3.8, 4) is 5.75 Å². The van der Waals surface area contributed by atoms with Gasteiger partial charge in [0.25, 0.3) is 0 Å². The fourth-order valence-electron chi connectivity index (χ4n) is 6.23. The quantitative estimate of drug-likeness (QED) is 0.829. The lowest BCUT2D eigenvalue weighted by Gasteiger charge is -2.57. The summed E-state index contributed by atoms with van der Waals surface area (Å²) in [6.45, 7) is 9.00. The molecule has 0 aromatic heterocycles. The number of aryl methyl sites for hydroxylation is 1. The van der Waals surface area contributed by atoms with Gasteiger partial charge in [-0.2, -0.15) is 0 Å². The largest absolute Gasteiger partial charge is 0.481 e. The van der Waals surface area contributed by atoms with Crippen LogP contribution in [-0.2, 0) is 21.4 Å². The molecule has 1 aromatic carbocycles. The van der Waals surface area contributed by atoms with Crippen LogP contribution in [0.25, 0.3) is 0 Å². The van der Waals surface area contributed by atoms with E-state index in [0.29, 0.717) is 25.0 Å². The average Bonchev–Trinajstić information content (AvgIpc) is 2.98. The second-order valence-corrected chi connectivity index (χ2v) is 10.1. The van der Waals surface area contributed by atoms with Crippen molar-refractivity contribution >= 4 is 11.9 Å². The SMILES string of the molecule is Cc1ccc2c3c1OC1C(=O)CC[C@H]4[C@@H](C2)N(CNC(=O)OC(C)(C)C)CC[C@]314. The molecule has 1 spiro atoms. The Morgan fingerprint density at radius 2 is 2.17 bits per heavy atom. The molecule has 1 saturated heterocycles. The average molecular weight is 399 g/mol. The number of ether oxygens (including phenoxy) is 2. The van der Waals surface area contributed by atoms with E-state index in [2.05, 4.69) is 29.3 Å². The summed E-state index contributed by atoms with van der Waals surface area (Å²) in [6.07, 6.45) is 2.61. The van der Waals surface area contributed by atoms with Crippen molar-refractivity contribution in [1.29, 1.82) is 0 Å². The predicted octanol–water partition coefficient (Wildman–Crippen LogP) is 3.09. The highest BCUT2D eigenvalue weighted by Gasteiger charge is 2.65. The number of benzene rings is 1. The Labute approximate surface area is 171 Å². The monoisotopic (exact) mass is 398 g/mol. The Hall–Kier alpha value is -2.08. The van der Waals surface area contributed by atoms with Gasteiger partial charge in [0.1, 0.15) is 11.4 Å². The normalized spacial score (nSPS) is 32.4. The van der Waals surface area contributed by atoms with Crippen LogP contribution in [0.5, 0.6) is 5.75 Å². The number of amides is 1. The minimum atomic E-state index is -0.508. The van der Waals surface area contributed by atoms with Gasteiger partial charge in [-0.25, -0.2) is 4.79 Å². The number of likely N-dealkylation sites (tertiary alicyclic amines) is 1. The lowest BCUT2D eigenvalue weighted by atomic mass is 9.51. The second kappa shape index (κ2) is 6.21. The minimum absolute atomic E-state index is 0.183. The molecule has 1 aromatic rings. The highest BCUT2D eigenvalue weighted by molar-refractivity contribution is 5.89. The van der Waals surface area contributed by atoms with E-state index in [1.807, 2.05) is 20.8 Å². The first kappa shape index (κ1) is 18.9. The summed E-state index contributed by atoms with van der Waals surface area (Å²) in [5.74, 6) is 1.60. The molecular formula is C23H30N2O4. The van der Waals surface area contributed by atoms with Crippen molar-refractivity contribution in [2.45, 2.75) is 76.5 Å². The number of hydrogen-bond acceptors (Lipinski definition) is 5. The number of carbonyl (C=O) groups excluding carboxylic acids is 2. The zero-order chi connectivity index (χ0) is 20.6. The van der Waals surface area contributed by atoms with Crippen molar-refractivity contribution in [3.63, 3.8) is 0 Å². The van der Waals surface area contributed by atoms with Crippen LogP contribution in [-0.4, -0.2) is 47.7 Å². The minimum Gasteiger partial charge on any atom is -0.481 e. The molecule has 0 radical (unpaired) electrons. The van der Waals surface area contributed by atoms with Gasteiger partial charge in [0.15, 0.2) is 11.9 Å². The third-order valence-electron chi connectivity index (χ3n) is 7.27. The summed E-state index contributed by atoms with van der Waals surface area (Å²) < 4.78 is 11.8. The molecular weight excluding hydrogens is 368 g/mol. The zero-order valence-electron chi connectivity index (χ0n) is 17.7. The number of Topliss-reactive ketones (excluding diaryl/α,β-unsaturated/α-hetero) is 1. The molecule has 2 bridgehead atoms. The van der Waals surface area contributed by atoms with Crippen molar-refractivity contribution in [1.82, 2.24) is 10.2 Å². The van der Waals surface area contributed by atoms with Gasteiger partial charge in [-0.3, -0.25) is 9.69 Å². The summed E-state index contributed by atoms with van der Waals surface area (Å²) >= 11 is 0. The van der Waals surface area contributed by atoms with E-state index in [1.54, 1.807) is 0 Å². The van der Waals surface area contributed by atoms with Crippen molar-refractivity contribution in [2.75, 3.05) is 13.2 Å². The summed E-state index contributed by atoms with van der Waals surface area (Å²) in [4.78, 5) is 27.4. The number of ketones is 1. The first-order valence-electron chi connectivity index (χ1n) is 10.7. The molecule has 1 N–H and O–H groups in total. The topological polar surface area (TPSA) is 67.9 Å². The van der Waals surface area contributed by atoms with Gasteiger partial charge in [0.05, 0.1) is 6.67 Å². The molecule has 2 aliphatic heterocycles. The third-order valence-corrected chi connectivity index (χ3v) is 7.27. The maximum atomic E-state index is 12.8. The van der Waals surface area contributed by atoms with E-state index in [9.17, 15) is 9.59 Å². The molecule has 4 aliphatic rings. The lowest BCUT2D eigenvalue weighted by Crippen LogP contribution is -2.67.